The SMILES string of the molecule is O=[N+]([O-])c1cncc(Br)c1NCCCn1ccnc1. The van der Waals surface area contributed by atoms with Crippen LogP contribution in [0.15, 0.2) is 35.6 Å². The van der Waals surface area contributed by atoms with Crippen molar-refractivity contribution in [3.63, 3.8) is 0 Å². The molecule has 19 heavy (non-hydrogen) atoms. The van der Waals surface area contributed by atoms with Crippen LogP contribution in [0.4, 0.5) is 11.4 Å². The number of nitrogens with zero attached hydrogens (tertiary/aromatic N) is 4. The smallest absolute Gasteiger partial charge is 0.311 e. The highest BCUT2D eigenvalue weighted by Gasteiger charge is 2.16. The second-order valence-corrected chi connectivity index (χ2v) is 4.71. The quantitative estimate of drug-likeness (QED) is 0.501. The zero-order valence-corrected chi connectivity index (χ0v) is 11.6. The van der Waals surface area contributed by atoms with Crippen molar-refractivity contribution in [2.45, 2.75) is 13.0 Å². The van der Waals surface area contributed by atoms with E-state index in [0.717, 1.165) is 13.0 Å². The largest absolute Gasteiger partial charge is 0.378 e. The van der Waals surface area contributed by atoms with E-state index >= 15 is 0 Å². The Morgan fingerprint density at radius 1 is 1.42 bits per heavy atom. The maximum Gasteiger partial charge on any atom is 0.311 e. The molecule has 0 bridgehead atoms. The van der Waals surface area contributed by atoms with Crippen molar-refractivity contribution in [3.05, 3.63) is 45.7 Å². The van der Waals surface area contributed by atoms with E-state index < -0.39 is 4.92 Å². The Morgan fingerprint density at radius 3 is 2.95 bits per heavy atom. The minimum absolute atomic E-state index is 0.0306. The van der Waals surface area contributed by atoms with Crippen molar-refractivity contribution >= 4 is 27.3 Å². The molecular formula is C11H12BrN5O2. The highest BCUT2D eigenvalue weighted by molar-refractivity contribution is 9.10. The summed E-state index contributed by atoms with van der Waals surface area (Å²) in [4.78, 5) is 18.2. The molecule has 0 saturated heterocycles. The van der Waals surface area contributed by atoms with Gasteiger partial charge in [0.05, 0.1) is 15.7 Å². The van der Waals surface area contributed by atoms with Gasteiger partial charge in [-0.1, -0.05) is 0 Å². The summed E-state index contributed by atoms with van der Waals surface area (Å²) in [5.74, 6) is 0. The first kappa shape index (κ1) is 13.5. The van der Waals surface area contributed by atoms with Crippen LogP contribution in [0.3, 0.4) is 0 Å². The van der Waals surface area contributed by atoms with Crippen LogP contribution in [0.25, 0.3) is 0 Å². The van der Waals surface area contributed by atoms with Crippen molar-refractivity contribution in [1.82, 2.24) is 14.5 Å². The summed E-state index contributed by atoms with van der Waals surface area (Å²) in [6, 6.07) is 0. The number of aromatic nitrogens is 3. The number of hydrogen-bond donors (Lipinski definition) is 1. The second kappa shape index (κ2) is 6.28. The van der Waals surface area contributed by atoms with Crippen LogP contribution in [0.2, 0.25) is 0 Å². The van der Waals surface area contributed by atoms with Gasteiger partial charge < -0.3 is 9.88 Å². The first-order valence-electron chi connectivity index (χ1n) is 5.66. The van der Waals surface area contributed by atoms with E-state index in [1.54, 1.807) is 12.5 Å². The summed E-state index contributed by atoms with van der Waals surface area (Å²) in [7, 11) is 0. The topological polar surface area (TPSA) is 85.9 Å². The van der Waals surface area contributed by atoms with Crippen LogP contribution in [-0.4, -0.2) is 26.0 Å². The molecule has 0 aliphatic carbocycles. The molecule has 0 saturated carbocycles. The molecule has 0 atom stereocenters. The first-order chi connectivity index (χ1) is 9.18. The molecule has 0 aromatic carbocycles. The molecule has 0 spiro atoms. The lowest BCUT2D eigenvalue weighted by Crippen LogP contribution is -2.08. The highest BCUT2D eigenvalue weighted by atomic mass is 79.9. The maximum atomic E-state index is 10.9. The Labute approximate surface area is 118 Å². The van der Waals surface area contributed by atoms with Gasteiger partial charge in [0.15, 0.2) is 0 Å². The Morgan fingerprint density at radius 2 is 2.26 bits per heavy atom. The molecule has 8 heteroatoms. The van der Waals surface area contributed by atoms with Gasteiger partial charge in [0.2, 0.25) is 0 Å². The van der Waals surface area contributed by atoms with E-state index in [1.165, 1.54) is 12.4 Å². The number of nitro groups is 1. The van der Waals surface area contributed by atoms with Crippen LogP contribution in [0, 0.1) is 10.1 Å². The summed E-state index contributed by atoms with van der Waals surface area (Å²) >= 11 is 3.26. The van der Waals surface area contributed by atoms with E-state index in [9.17, 15) is 10.1 Å². The lowest BCUT2D eigenvalue weighted by molar-refractivity contribution is -0.384. The number of aryl methyl sites for hydroxylation is 1. The van der Waals surface area contributed by atoms with Crippen LogP contribution >= 0.6 is 15.9 Å². The van der Waals surface area contributed by atoms with E-state index in [0.29, 0.717) is 16.7 Å². The van der Waals surface area contributed by atoms with Crippen molar-refractivity contribution in [2.24, 2.45) is 0 Å². The second-order valence-electron chi connectivity index (χ2n) is 3.85. The molecule has 2 heterocycles. The number of nitrogens with one attached hydrogen (secondary N) is 1. The number of pyridine rings is 1. The molecule has 2 aromatic heterocycles. The van der Waals surface area contributed by atoms with Gasteiger partial charge in [-0.05, 0) is 22.4 Å². The molecule has 0 aliphatic heterocycles. The van der Waals surface area contributed by atoms with Gasteiger partial charge in [-0.15, -0.1) is 0 Å². The molecular weight excluding hydrogens is 314 g/mol. The monoisotopic (exact) mass is 325 g/mol. The summed E-state index contributed by atoms with van der Waals surface area (Å²) in [5, 5.41) is 13.9. The minimum atomic E-state index is -0.448. The fourth-order valence-corrected chi connectivity index (χ4v) is 2.09. The number of imidazole rings is 1. The molecule has 100 valence electrons. The Bertz CT molecular complexity index is 558. The molecule has 2 rings (SSSR count). The fourth-order valence-electron chi connectivity index (χ4n) is 1.63. The van der Waals surface area contributed by atoms with E-state index in [1.807, 2.05) is 10.8 Å². The Balaban J connectivity index is 1.93. The Hall–Kier alpha value is -1.96. The molecule has 0 radical (unpaired) electrons. The normalized spacial score (nSPS) is 10.4. The number of halogens is 1. The van der Waals surface area contributed by atoms with E-state index in [-0.39, 0.29) is 5.69 Å². The van der Waals surface area contributed by atoms with E-state index in [4.69, 9.17) is 0 Å². The third-order valence-electron chi connectivity index (χ3n) is 2.53. The lowest BCUT2D eigenvalue weighted by atomic mass is 10.3. The first-order valence-corrected chi connectivity index (χ1v) is 6.45. The maximum absolute atomic E-state index is 10.9. The predicted octanol–water partition coefficient (Wildman–Crippen LogP) is 2.45. The van der Waals surface area contributed by atoms with Gasteiger partial charge in [-0.3, -0.25) is 15.1 Å². The van der Waals surface area contributed by atoms with Crippen LogP contribution in [0.5, 0.6) is 0 Å². The molecule has 0 aliphatic rings. The molecule has 0 amide bonds. The molecule has 0 fully saturated rings. The fraction of sp³-hybridized carbons (Fsp3) is 0.273. The average molecular weight is 326 g/mol. The van der Waals surface area contributed by atoms with Crippen molar-refractivity contribution in [3.8, 4) is 0 Å². The zero-order valence-electron chi connectivity index (χ0n) is 9.99. The molecule has 7 nitrogen and oxygen atoms in total. The summed E-state index contributed by atoms with van der Waals surface area (Å²) in [6.45, 7) is 1.44. The van der Waals surface area contributed by atoms with Gasteiger partial charge in [0.1, 0.15) is 11.9 Å². The van der Waals surface area contributed by atoms with Crippen molar-refractivity contribution in [1.29, 1.82) is 0 Å². The van der Waals surface area contributed by atoms with E-state index in [2.05, 4.69) is 31.2 Å². The summed E-state index contributed by atoms with van der Waals surface area (Å²) < 4.78 is 2.54. The Kier molecular flexibility index (Phi) is 4.45. The highest BCUT2D eigenvalue weighted by Crippen LogP contribution is 2.30. The van der Waals surface area contributed by atoms with Crippen LogP contribution in [-0.2, 0) is 6.54 Å². The molecule has 1 N–H and O–H groups in total. The van der Waals surface area contributed by atoms with Gasteiger partial charge in [-0.2, -0.15) is 0 Å². The van der Waals surface area contributed by atoms with Gasteiger partial charge in [0, 0.05) is 31.7 Å². The minimum Gasteiger partial charge on any atom is -0.378 e. The van der Waals surface area contributed by atoms with Gasteiger partial charge in [-0.25, -0.2) is 4.98 Å². The number of rotatable bonds is 6. The predicted molar refractivity (Wildman–Crippen MR) is 73.9 cm³/mol. The van der Waals surface area contributed by atoms with Gasteiger partial charge >= 0.3 is 5.69 Å². The van der Waals surface area contributed by atoms with Crippen molar-refractivity contribution in [2.75, 3.05) is 11.9 Å². The third kappa shape index (κ3) is 3.50. The van der Waals surface area contributed by atoms with Crippen LogP contribution < -0.4 is 5.32 Å². The summed E-state index contributed by atoms with van der Waals surface area (Å²) in [5.41, 5.74) is 0.433. The molecule has 2 aromatic rings. The summed E-state index contributed by atoms with van der Waals surface area (Å²) in [6.07, 6.45) is 8.95. The van der Waals surface area contributed by atoms with Crippen LogP contribution in [0.1, 0.15) is 6.42 Å². The number of anilines is 1. The average Bonchev–Trinajstić information content (AvgIpc) is 2.88. The number of hydrogen-bond acceptors (Lipinski definition) is 5. The standard InChI is InChI=1S/C11H12BrN5O2/c12-9-6-14-7-10(17(18)19)11(9)15-2-1-4-16-5-3-13-8-16/h3,5-8H,1-2,4H2,(H,14,15). The third-order valence-corrected chi connectivity index (χ3v) is 3.13. The lowest BCUT2D eigenvalue weighted by Gasteiger charge is -2.08. The van der Waals surface area contributed by atoms with Crippen molar-refractivity contribution < 1.29 is 4.92 Å². The van der Waals surface area contributed by atoms with Gasteiger partial charge in [0.25, 0.3) is 0 Å². The molecule has 0 unspecified atom stereocenters. The zero-order chi connectivity index (χ0) is 13.7.